The van der Waals surface area contributed by atoms with Gasteiger partial charge in [-0.1, -0.05) is 23.7 Å². The molecule has 1 amide bonds. The highest BCUT2D eigenvalue weighted by Gasteiger charge is 2.48. The highest BCUT2D eigenvalue weighted by Crippen LogP contribution is 2.44. The van der Waals surface area contributed by atoms with Crippen molar-refractivity contribution in [2.24, 2.45) is 0 Å². The number of hydrogen-bond acceptors (Lipinski definition) is 5. The number of amides is 1. The summed E-state index contributed by atoms with van der Waals surface area (Å²) < 4.78 is 5.41. The highest BCUT2D eigenvalue weighted by atomic mass is 35.5. The highest BCUT2D eigenvalue weighted by molar-refractivity contribution is 6.51. The number of carbonyl (C=O) groups excluding carboxylic acids is 2. The van der Waals surface area contributed by atoms with Crippen LogP contribution in [0.5, 0.6) is 5.75 Å². The molecule has 2 aromatic carbocycles. The molecule has 0 spiro atoms. The van der Waals surface area contributed by atoms with Crippen molar-refractivity contribution in [3.63, 3.8) is 0 Å². The van der Waals surface area contributed by atoms with Crippen molar-refractivity contribution >= 4 is 34.7 Å². The Balaban J connectivity index is 2.02. The van der Waals surface area contributed by atoms with Crippen molar-refractivity contribution in [1.82, 2.24) is 4.98 Å². The van der Waals surface area contributed by atoms with Crippen LogP contribution in [0.2, 0.25) is 5.02 Å². The van der Waals surface area contributed by atoms with Gasteiger partial charge in [0.25, 0.3) is 11.7 Å². The van der Waals surface area contributed by atoms with Crippen LogP contribution in [0.15, 0.2) is 60.3 Å². The lowest BCUT2D eigenvalue weighted by Gasteiger charge is -2.25. The fraction of sp³-hybridized carbons (Fsp3) is 0.192. The van der Waals surface area contributed by atoms with E-state index in [0.717, 1.165) is 16.7 Å². The standard InChI is InChI=1S/C26H23ClN2O4/c1-14-9-15(2)11-17(10-14)29-22(20-7-5-6-8-28-20)21(24(31)26(29)32)23(30)18-12-16(3)13-19(27)25(18)33-4/h5-13,22,30H,1-4H3/b23-21+. The van der Waals surface area contributed by atoms with E-state index in [1.54, 1.807) is 36.5 Å². The van der Waals surface area contributed by atoms with Crippen molar-refractivity contribution < 1.29 is 19.4 Å². The van der Waals surface area contributed by atoms with Crippen LogP contribution in [0.1, 0.15) is 34.0 Å². The average molecular weight is 463 g/mol. The first-order valence-corrected chi connectivity index (χ1v) is 10.8. The number of benzene rings is 2. The molecular formula is C26H23ClN2O4. The van der Waals surface area contributed by atoms with Gasteiger partial charge in [-0.2, -0.15) is 0 Å². The van der Waals surface area contributed by atoms with Crippen LogP contribution in [0.3, 0.4) is 0 Å². The Bertz CT molecular complexity index is 1280. The number of aryl methyl sites for hydroxylation is 3. The largest absolute Gasteiger partial charge is 0.507 e. The van der Waals surface area contributed by atoms with Gasteiger partial charge in [-0.15, -0.1) is 0 Å². The number of aliphatic hydroxyl groups is 1. The van der Waals surface area contributed by atoms with Crippen LogP contribution < -0.4 is 9.64 Å². The first kappa shape index (κ1) is 22.6. The molecule has 7 heteroatoms. The Labute approximate surface area is 197 Å². The van der Waals surface area contributed by atoms with E-state index >= 15 is 0 Å². The van der Waals surface area contributed by atoms with E-state index in [-0.39, 0.29) is 27.7 Å². The monoisotopic (exact) mass is 462 g/mol. The third kappa shape index (κ3) is 3.98. The number of hydrogen-bond donors (Lipinski definition) is 1. The zero-order valence-electron chi connectivity index (χ0n) is 18.7. The quantitative estimate of drug-likeness (QED) is 0.323. The minimum Gasteiger partial charge on any atom is -0.507 e. The first-order valence-electron chi connectivity index (χ1n) is 10.4. The molecule has 4 rings (SSSR count). The Kier molecular flexibility index (Phi) is 5.95. The molecule has 1 aromatic heterocycles. The lowest BCUT2D eigenvalue weighted by atomic mass is 9.96. The third-order valence-electron chi connectivity index (χ3n) is 5.54. The van der Waals surface area contributed by atoms with E-state index in [9.17, 15) is 14.7 Å². The van der Waals surface area contributed by atoms with Gasteiger partial charge in [0.1, 0.15) is 17.6 Å². The van der Waals surface area contributed by atoms with Gasteiger partial charge in [-0.05, 0) is 73.9 Å². The fourth-order valence-corrected chi connectivity index (χ4v) is 4.61. The maximum atomic E-state index is 13.3. The number of aromatic nitrogens is 1. The van der Waals surface area contributed by atoms with Crippen LogP contribution in [0, 0.1) is 20.8 Å². The van der Waals surface area contributed by atoms with E-state index in [2.05, 4.69) is 4.98 Å². The predicted octanol–water partition coefficient (Wildman–Crippen LogP) is 5.30. The summed E-state index contributed by atoms with van der Waals surface area (Å²) in [6, 6.07) is 13.3. The van der Waals surface area contributed by atoms with Crippen molar-refractivity contribution in [2.45, 2.75) is 26.8 Å². The van der Waals surface area contributed by atoms with Gasteiger partial charge in [0.2, 0.25) is 0 Å². The lowest BCUT2D eigenvalue weighted by Crippen LogP contribution is -2.30. The molecule has 3 aromatic rings. The molecule has 1 fully saturated rings. The topological polar surface area (TPSA) is 79.7 Å². The molecular weight excluding hydrogens is 440 g/mol. The third-order valence-corrected chi connectivity index (χ3v) is 5.82. The van der Waals surface area contributed by atoms with Gasteiger partial charge in [0.15, 0.2) is 0 Å². The first-order chi connectivity index (χ1) is 15.7. The number of halogens is 1. The van der Waals surface area contributed by atoms with E-state index in [1.165, 1.54) is 12.0 Å². The second kappa shape index (κ2) is 8.71. The minimum absolute atomic E-state index is 0.0715. The zero-order valence-corrected chi connectivity index (χ0v) is 19.5. The number of rotatable bonds is 4. The van der Waals surface area contributed by atoms with Gasteiger partial charge < -0.3 is 9.84 Å². The van der Waals surface area contributed by atoms with Crippen LogP contribution >= 0.6 is 11.6 Å². The number of ketones is 1. The average Bonchev–Trinajstić information content (AvgIpc) is 3.03. The molecule has 0 bridgehead atoms. The molecule has 0 saturated carbocycles. The molecule has 0 radical (unpaired) electrons. The van der Waals surface area contributed by atoms with E-state index < -0.39 is 17.7 Å². The number of ether oxygens (including phenoxy) is 1. The molecule has 33 heavy (non-hydrogen) atoms. The maximum absolute atomic E-state index is 13.3. The van der Waals surface area contributed by atoms with Gasteiger partial charge in [-0.25, -0.2) is 0 Å². The Morgan fingerprint density at radius 2 is 1.70 bits per heavy atom. The summed E-state index contributed by atoms with van der Waals surface area (Å²) in [5.41, 5.74) is 3.83. The van der Waals surface area contributed by atoms with Gasteiger partial charge >= 0.3 is 0 Å². The summed E-state index contributed by atoms with van der Waals surface area (Å²) in [5, 5.41) is 11.7. The predicted molar refractivity (Wildman–Crippen MR) is 128 cm³/mol. The summed E-state index contributed by atoms with van der Waals surface area (Å²) in [5.74, 6) is -1.69. The van der Waals surface area contributed by atoms with Crippen LogP contribution in [0.4, 0.5) is 5.69 Å². The number of nitrogens with zero attached hydrogens (tertiary/aromatic N) is 2. The number of pyridine rings is 1. The number of anilines is 1. The minimum atomic E-state index is -0.920. The second-order valence-electron chi connectivity index (χ2n) is 8.10. The van der Waals surface area contributed by atoms with Crippen molar-refractivity contribution in [2.75, 3.05) is 12.0 Å². The molecule has 1 atom stereocenters. The van der Waals surface area contributed by atoms with Crippen LogP contribution in [0.25, 0.3) is 5.76 Å². The number of Topliss-reactive ketones (excluding diaryl/α,β-unsaturated/α-hetero) is 1. The SMILES string of the molecule is COc1c(Cl)cc(C)cc1/C(O)=C1\C(=O)C(=O)N(c2cc(C)cc(C)c2)C1c1ccccn1. The molecule has 1 aliphatic heterocycles. The van der Waals surface area contributed by atoms with E-state index in [4.69, 9.17) is 16.3 Å². The van der Waals surface area contributed by atoms with Crippen molar-refractivity contribution in [3.05, 3.63) is 93.3 Å². The molecule has 1 unspecified atom stereocenters. The summed E-state index contributed by atoms with van der Waals surface area (Å²) in [4.78, 5) is 32.4. The van der Waals surface area contributed by atoms with E-state index in [1.807, 2.05) is 39.0 Å². The molecule has 0 aliphatic carbocycles. The zero-order chi connectivity index (χ0) is 23.9. The smallest absolute Gasteiger partial charge is 0.300 e. The van der Waals surface area contributed by atoms with E-state index in [0.29, 0.717) is 11.4 Å². The van der Waals surface area contributed by atoms with Gasteiger partial charge in [-0.3, -0.25) is 19.5 Å². The van der Waals surface area contributed by atoms with Crippen LogP contribution in [-0.2, 0) is 9.59 Å². The number of carbonyl (C=O) groups is 2. The number of aliphatic hydroxyl groups excluding tert-OH is 1. The summed E-state index contributed by atoms with van der Waals surface area (Å²) in [6.07, 6.45) is 1.58. The molecule has 1 saturated heterocycles. The summed E-state index contributed by atoms with van der Waals surface area (Å²) in [6.45, 7) is 5.65. The molecule has 1 N–H and O–H groups in total. The maximum Gasteiger partial charge on any atom is 0.300 e. The summed E-state index contributed by atoms with van der Waals surface area (Å²) in [7, 11) is 1.43. The van der Waals surface area contributed by atoms with Crippen LogP contribution in [-0.4, -0.2) is 28.9 Å². The Hall–Kier alpha value is -3.64. The van der Waals surface area contributed by atoms with Gasteiger partial charge in [0.05, 0.1) is 29.0 Å². The molecule has 168 valence electrons. The molecule has 2 heterocycles. The molecule has 1 aliphatic rings. The van der Waals surface area contributed by atoms with Crippen molar-refractivity contribution in [3.8, 4) is 5.75 Å². The Morgan fingerprint density at radius 1 is 1.03 bits per heavy atom. The Morgan fingerprint density at radius 3 is 2.30 bits per heavy atom. The molecule has 6 nitrogen and oxygen atoms in total. The van der Waals surface area contributed by atoms with Crippen molar-refractivity contribution in [1.29, 1.82) is 0 Å². The fourth-order valence-electron chi connectivity index (χ4n) is 4.26. The second-order valence-corrected chi connectivity index (χ2v) is 8.50. The summed E-state index contributed by atoms with van der Waals surface area (Å²) >= 11 is 6.33. The van der Waals surface area contributed by atoms with Gasteiger partial charge in [0, 0.05) is 11.9 Å². The normalized spacial score (nSPS) is 17.5. The lowest BCUT2D eigenvalue weighted by molar-refractivity contribution is -0.132. The number of methoxy groups -OCH3 is 1.